The second-order valence-corrected chi connectivity index (χ2v) is 5.51. The van der Waals surface area contributed by atoms with Crippen molar-refractivity contribution >= 4 is 12.0 Å². The molecule has 0 aliphatic rings. The molecule has 0 spiro atoms. The van der Waals surface area contributed by atoms with Crippen molar-refractivity contribution in [3.05, 3.63) is 0 Å². The predicted octanol–water partition coefficient (Wildman–Crippen LogP) is 3.24. The third-order valence-corrected chi connectivity index (χ3v) is 3.32. The van der Waals surface area contributed by atoms with Crippen LogP contribution in [0.5, 0.6) is 0 Å². The Morgan fingerprint density at radius 2 is 1.80 bits per heavy atom. The average molecular weight is 286 g/mol. The van der Waals surface area contributed by atoms with E-state index in [2.05, 4.69) is 19.2 Å². The predicted molar refractivity (Wildman–Crippen MR) is 80.8 cm³/mol. The molecule has 2 amide bonds. The number of hydrogen-bond acceptors (Lipinski definition) is 2. The van der Waals surface area contributed by atoms with Crippen LogP contribution in [0.3, 0.4) is 0 Å². The zero-order valence-corrected chi connectivity index (χ0v) is 13.3. The van der Waals surface area contributed by atoms with E-state index in [1.54, 1.807) is 4.90 Å². The van der Waals surface area contributed by atoms with E-state index in [0.717, 1.165) is 32.1 Å². The molecule has 0 aromatic carbocycles. The normalized spacial score (nSPS) is 12.2. The van der Waals surface area contributed by atoms with E-state index in [1.165, 1.54) is 0 Å². The number of carbonyl (C=O) groups excluding carboxylic acids is 1. The van der Waals surface area contributed by atoms with Gasteiger partial charge in [-0.1, -0.05) is 33.1 Å². The van der Waals surface area contributed by atoms with Crippen molar-refractivity contribution in [1.82, 2.24) is 10.2 Å². The molecule has 0 saturated carbocycles. The van der Waals surface area contributed by atoms with E-state index >= 15 is 0 Å². The first-order valence-electron chi connectivity index (χ1n) is 7.71. The Balaban J connectivity index is 4.49. The van der Waals surface area contributed by atoms with Gasteiger partial charge in [-0.25, -0.2) is 4.79 Å². The molecule has 0 radical (unpaired) electrons. The number of nitrogens with one attached hydrogen (secondary N) is 1. The number of rotatable bonds is 10. The molecule has 1 unspecified atom stereocenters. The molecule has 20 heavy (non-hydrogen) atoms. The highest BCUT2D eigenvalue weighted by Gasteiger charge is 2.20. The summed E-state index contributed by atoms with van der Waals surface area (Å²) >= 11 is 0. The summed E-state index contributed by atoms with van der Waals surface area (Å²) < 4.78 is 0. The first-order valence-corrected chi connectivity index (χ1v) is 7.71. The summed E-state index contributed by atoms with van der Waals surface area (Å²) in [5.41, 5.74) is 0. The van der Waals surface area contributed by atoms with E-state index in [0.29, 0.717) is 0 Å². The van der Waals surface area contributed by atoms with Gasteiger partial charge in [0.2, 0.25) is 0 Å². The standard InChI is InChI=1S/C15H30N2O3/c1-5-7-9-13(8-6-2)16-15(20)17(12(3)4)11-10-14(18)19/h12-13H,5-11H2,1-4H3,(H,16,20)(H,18,19). The van der Waals surface area contributed by atoms with E-state index in [-0.39, 0.29) is 31.1 Å². The van der Waals surface area contributed by atoms with Crippen LogP contribution in [0, 0.1) is 0 Å². The van der Waals surface area contributed by atoms with Crippen molar-refractivity contribution < 1.29 is 14.7 Å². The molecule has 5 heteroatoms. The molecule has 5 nitrogen and oxygen atoms in total. The van der Waals surface area contributed by atoms with Crippen LogP contribution in [0.1, 0.15) is 66.2 Å². The zero-order valence-electron chi connectivity index (χ0n) is 13.3. The van der Waals surface area contributed by atoms with Crippen molar-refractivity contribution in [2.45, 2.75) is 78.3 Å². The smallest absolute Gasteiger partial charge is 0.317 e. The minimum Gasteiger partial charge on any atom is -0.481 e. The van der Waals surface area contributed by atoms with Gasteiger partial charge in [0.15, 0.2) is 0 Å². The molecule has 0 aliphatic heterocycles. The van der Waals surface area contributed by atoms with Crippen LogP contribution in [0.4, 0.5) is 4.79 Å². The van der Waals surface area contributed by atoms with Crippen molar-refractivity contribution in [2.75, 3.05) is 6.54 Å². The lowest BCUT2D eigenvalue weighted by molar-refractivity contribution is -0.137. The second kappa shape index (κ2) is 10.5. The summed E-state index contributed by atoms with van der Waals surface area (Å²) in [6.07, 6.45) is 5.19. The molecule has 0 rings (SSSR count). The third kappa shape index (κ3) is 8.02. The number of nitrogens with zero attached hydrogens (tertiary/aromatic N) is 1. The fourth-order valence-corrected chi connectivity index (χ4v) is 2.16. The van der Waals surface area contributed by atoms with E-state index in [4.69, 9.17) is 5.11 Å². The number of amides is 2. The minimum atomic E-state index is -0.875. The highest BCUT2D eigenvalue weighted by Crippen LogP contribution is 2.09. The van der Waals surface area contributed by atoms with Crippen molar-refractivity contribution in [1.29, 1.82) is 0 Å². The minimum absolute atomic E-state index is 0.00259. The lowest BCUT2D eigenvalue weighted by Crippen LogP contribution is -2.48. The number of carboxylic acid groups (broad SMARTS) is 1. The maximum absolute atomic E-state index is 12.3. The van der Waals surface area contributed by atoms with Crippen molar-refractivity contribution in [2.24, 2.45) is 0 Å². The molecule has 0 bridgehead atoms. The number of carbonyl (C=O) groups is 2. The van der Waals surface area contributed by atoms with Gasteiger partial charge in [0.25, 0.3) is 0 Å². The zero-order chi connectivity index (χ0) is 15.5. The molecule has 0 aromatic heterocycles. The Morgan fingerprint density at radius 3 is 2.25 bits per heavy atom. The van der Waals surface area contributed by atoms with Crippen molar-refractivity contribution in [3.63, 3.8) is 0 Å². The summed E-state index contributed by atoms with van der Waals surface area (Å²) in [7, 11) is 0. The maximum atomic E-state index is 12.3. The summed E-state index contributed by atoms with van der Waals surface area (Å²) in [6.45, 7) is 8.31. The molecule has 0 aliphatic carbocycles. The molecule has 118 valence electrons. The lowest BCUT2D eigenvalue weighted by atomic mass is 10.1. The summed E-state index contributed by atoms with van der Waals surface area (Å²) in [4.78, 5) is 24.5. The summed E-state index contributed by atoms with van der Waals surface area (Å²) in [5.74, 6) is -0.875. The Hall–Kier alpha value is -1.26. The topological polar surface area (TPSA) is 69.6 Å². The van der Waals surface area contributed by atoms with Crippen LogP contribution in [-0.2, 0) is 4.79 Å². The number of unbranched alkanes of at least 4 members (excludes halogenated alkanes) is 1. The molecule has 1 atom stereocenters. The summed E-state index contributed by atoms with van der Waals surface area (Å²) in [5, 5.41) is 11.8. The largest absolute Gasteiger partial charge is 0.481 e. The Kier molecular flexibility index (Phi) is 9.86. The quantitative estimate of drug-likeness (QED) is 0.647. The Morgan fingerprint density at radius 1 is 1.15 bits per heavy atom. The van der Waals surface area contributed by atoms with E-state index < -0.39 is 5.97 Å². The maximum Gasteiger partial charge on any atom is 0.317 e. The van der Waals surface area contributed by atoms with Gasteiger partial charge in [0, 0.05) is 18.6 Å². The van der Waals surface area contributed by atoms with Gasteiger partial charge in [-0.3, -0.25) is 4.79 Å². The number of hydrogen-bond donors (Lipinski definition) is 2. The Bertz CT molecular complexity index is 293. The highest BCUT2D eigenvalue weighted by atomic mass is 16.4. The first kappa shape index (κ1) is 18.7. The van der Waals surface area contributed by atoms with E-state index in [1.807, 2.05) is 13.8 Å². The number of carboxylic acids is 1. The summed E-state index contributed by atoms with van der Waals surface area (Å²) in [6, 6.07) is 0.0529. The first-order chi connectivity index (χ1) is 9.42. The lowest BCUT2D eigenvalue weighted by Gasteiger charge is -2.29. The van der Waals surface area contributed by atoms with Crippen LogP contribution in [0.2, 0.25) is 0 Å². The fraction of sp³-hybridized carbons (Fsp3) is 0.867. The van der Waals surface area contributed by atoms with Crippen LogP contribution < -0.4 is 5.32 Å². The highest BCUT2D eigenvalue weighted by molar-refractivity contribution is 5.75. The van der Waals surface area contributed by atoms with Crippen LogP contribution in [0.25, 0.3) is 0 Å². The SMILES string of the molecule is CCCCC(CCC)NC(=O)N(CCC(=O)O)C(C)C. The fourth-order valence-electron chi connectivity index (χ4n) is 2.16. The molecular weight excluding hydrogens is 256 g/mol. The molecule has 2 N–H and O–H groups in total. The molecule has 0 saturated heterocycles. The molecule has 0 fully saturated rings. The van der Waals surface area contributed by atoms with Gasteiger partial charge in [0.05, 0.1) is 6.42 Å². The van der Waals surface area contributed by atoms with Gasteiger partial charge >= 0.3 is 12.0 Å². The molecule has 0 aromatic rings. The van der Waals surface area contributed by atoms with E-state index in [9.17, 15) is 9.59 Å². The monoisotopic (exact) mass is 286 g/mol. The van der Waals surface area contributed by atoms with Gasteiger partial charge in [-0.05, 0) is 26.7 Å². The van der Waals surface area contributed by atoms with Gasteiger partial charge in [-0.15, -0.1) is 0 Å². The van der Waals surface area contributed by atoms with Crippen molar-refractivity contribution in [3.8, 4) is 0 Å². The average Bonchev–Trinajstić information content (AvgIpc) is 2.35. The second-order valence-electron chi connectivity index (χ2n) is 5.51. The Labute approximate surface area is 122 Å². The molecule has 0 heterocycles. The number of aliphatic carboxylic acids is 1. The van der Waals surface area contributed by atoms with Gasteiger partial charge < -0.3 is 15.3 Å². The third-order valence-electron chi connectivity index (χ3n) is 3.32. The number of urea groups is 1. The van der Waals surface area contributed by atoms with Crippen LogP contribution in [0.15, 0.2) is 0 Å². The van der Waals surface area contributed by atoms with Crippen LogP contribution in [-0.4, -0.2) is 40.6 Å². The van der Waals surface area contributed by atoms with Gasteiger partial charge in [-0.2, -0.15) is 0 Å². The molecular formula is C15H30N2O3. The van der Waals surface area contributed by atoms with Gasteiger partial charge in [0.1, 0.15) is 0 Å². The van der Waals surface area contributed by atoms with Crippen LogP contribution >= 0.6 is 0 Å².